The second kappa shape index (κ2) is 4.02. The number of rotatable bonds is 1. The normalized spacial score (nSPS) is 11.2. The van der Waals surface area contributed by atoms with Crippen LogP contribution in [0.3, 0.4) is 0 Å². The minimum atomic E-state index is -4.51. The SMILES string of the molecule is Fc1cc[c]([Mg][Cl])c(C(F)(F)F)c1. The molecule has 0 bridgehead atoms. The zero-order valence-corrected chi connectivity index (χ0v) is 8.50. The first-order valence-corrected chi connectivity index (χ1v) is 6.21. The molecule has 0 saturated carbocycles. The predicted molar refractivity (Wildman–Crippen MR) is 42.6 cm³/mol. The van der Waals surface area contributed by atoms with Crippen molar-refractivity contribution < 1.29 is 17.6 Å². The highest BCUT2D eigenvalue weighted by molar-refractivity contribution is 7.01. The molecule has 0 aromatic heterocycles. The lowest BCUT2D eigenvalue weighted by Gasteiger charge is -2.11. The lowest BCUT2D eigenvalue weighted by Crippen LogP contribution is -2.23. The van der Waals surface area contributed by atoms with Gasteiger partial charge in [0.2, 0.25) is 0 Å². The van der Waals surface area contributed by atoms with Gasteiger partial charge in [-0.1, -0.05) is 6.07 Å². The number of alkyl halides is 3. The molecule has 13 heavy (non-hydrogen) atoms. The van der Waals surface area contributed by atoms with E-state index in [2.05, 4.69) is 0 Å². The maximum atomic E-state index is 12.5. The molecule has 0 aliphatic heterocycles. The molecule has 68 valence electrons. The van der Waals surface area contributed by atoms with Crippen molar-refractivity contribution in [2.75, 3.05) is 0 Å². The lowest BCUT2D eigenvalue weighted by atomic mass is 10.2. The lowest BCUT2D eigenvalue weighted by molar-refractivity contribution is -0.136. The second-order valence-electron chi connectivity index (χ2n) is 2.43. The standard InChI is InChI=1S/C7H3F4.ClH.Mg/c8-6-3-1-2-5(4-6)7(9,10)11;;/h1,3-4H;1H;/q;;+1/p-1. The van der Waals surface area contributed by atoms with Crippen molar-refractivity contribution in [3.63, 3.8) is 0 Å². The summed E-state index contributed by atoms with van der Waals surface area (Å²) in [6, 6.07) is 2.56. The fourth-order valence-corrected chi connectivity index (χ4v) is 2.28. The third-order valence-corrected chi connectivity index (χ3v) is 3.29. The van der Waals surface area contributed by atoms with Gasteiger partial charge in [-0.15, -0.1) is 3.69 Å². The van der Waals surface area contributed by atoms with Gasteiger partial charge in [-0.3, -0.25) is 0 Å². The average Bonchev–Trinajstić information content (AvgIpc) is 2.03. The van der Waals surface area contributed by atoms with Crippen LogP contribution in [0, 0.1) is 5.82 Å². The van der Waals surface area contributed by atoms with Gasteiger partial charge < -0.3 is 9.07 Å². The molecule has 0 nitrogen and oxygen atoms in total. The van der Waals surface area contributed by atoms with Crippen molar-refractivity contribution in [3.8, 4) is 0 Å². The highest BCUT2D eigenvalue weighted by Crippen LogP contribution is 2.28. The molecule has 1 rings (SSSR count). The summed E-state index contributed by atoms with van der Waals surface area (Å²) in [5.41, 5.74) is -0.950. The van der Waals surface area contributed by atoms with Crippen LogP contribution in [0.1, 0.15) is 5.56 Å². The largest absolute Gasteiger partial charge is 0.539 e. The van der Waals surface area contributed by atoms with E-state index in [-0.39, 0.29) is 3.69 Å². The molecule has 0 spiro atoms. The molecule has 0 atom stereocenters. The Bertz CT molecular complexity index is 310. The van der Waals surface area contributed by atoms with E-state index < -0.39 is 36.8 Å². The van der Waals surface area contributed by atoms with Gasteiger partial charge in [0.15, 0.2) is 0 Å². The Balaban J connectivity index is 3.24. The maximum absolute atomic E-state index is 12.5. The second-order valence-corrected chi connectivity index (χ2v) is 4.26. The van der Waals surface area contributed by atoms with Crippen LogP contribution in [0.25, 0.3) is 0 Å². The minimum Gasteiger partial charge on any atom is -0.336 e. The van der Waals surface area contributed by atoms with Gasteiger partial charge in [0.05, 0.1) is 0 Å². The highest BCUT2D eigenvalue weighted by Gasteiger charge is 2.33. The van der Waals surface area contributed by atoms with Crippen molar-refractivity contribution in [2.24, 2.45) is 0 Å². The first kappa shape index (κ1) is 11.1. The molecule has 0 radical (unpaired) electrons. The summed E-state index contributed by atoms with van der Waals surface area (Å²) < 4.78 is 49.1. The Hall–Kier alpha value is -0.00377. The van der Waals surface area contributed by atoms with Crippen molar-refractivity contribution in [1.82, 2.24) is 0 Å². The molecule has 1 aromatic rings. The molecule has 6 heteroatoms. The van der Waals surface area contributed by atoms with Crippen LogP contribution in [0.4, 0.5) is 17.6 Å². The van der Waals surface area contributed by atoms with Crippen LogP contribution in [0.15, 0.2) is 18.2 Å². The Labute approximate surface area is 85.4 Å². The van der Waals surface area contributed by atoms with Crippen LogP contribution in [-0.4, -0.2) is 19.3 Å². The fraction of sp³-hybridized carbons (Fsp3) is 0.143. The molecule has 1 aromatic carbocycles. The molecule has 0 amide bonds. The molecule has 0 aliphatic rings. The third-order valence-electron chi connectivity index (χ3n) is 1.52. The van der Waals surface area contributed by atoms with Crippen LogP contribution < -0.4 is 3.69 Å². The van der Waals surface area contributed by atoms with E-state index in [1.807, 2.05) is 0 Å². The first-order chi connectivity index (χ1) is 5.95. The number of hydrogen-bond donors (Lipinski definition) is 0. The summed E-state index contributed by atoms with van der Waals surface area (Å²) in [4.78, 5) is 0. The van der Waals surface area contributed by atoms with Gasteiger partial charge in [-0.25, -0.2) is 4.39 Å². The monoisotopic (exact) mass is 222 g/mol. The van der Waals surface area contributed by atoms with Gasteiger partial charge in [0, 0.05) is 5.56 Å². The summed E-state index contributed by atoms with van der Waals surface area (Å²) >= 11 is -1.45. The average molecular weight is 223 g/mol. The van der Waals surface area contributed by atoms with Crippen LogP contribution in [0.2, 0.25) is 0 Å². The van der Waals surface area contributed by atoms with E-state index in [1.165, 1.54) is 0 Å². The summed E-state index contributed by atoms with van der Waals surface area (Å²) in [6.45, 7) is 0. The van der Waals surface area contributed by atoms with Gasteiger partial charge >= 0.3 is 25.4 Å². The zero-order chi connectivity index (χ0) is 10.1. The van der Waals surface area contributed by atoms with E-state index >= 15 is 0 Å². The predicted octanol–water partition coefficient (Wildman–Crippen LogP) is 2.33. The molecule has 0 saturated heterocycles. The van der Waals surface area contributed by atoms with E-state index in [9.17, 15) is 17.6 Å². The summed E-state index contributed by atoms with van der Waals surface area (Å²) in [5, 5.41) is 0. The number of benzene rings is 1. The minimum absolute atomic E-state index is 0.0237. The molecule has 0 heterocycles. The van der Waals surface area contributed by atoms with Crippen LogP contribution in [-0.2, 0) is 6.18 Å². The maximum Gasteiger partial charge on any atom is 0.539 e. The van der Waals surface area contributed by atoms with E-state index in [4.69, 9.17) is 9.07 Å². The van der Waals surface area contributed by atoms with Crippen molar-refractivity contribution in [2.45, 2.75) is 6.18 Å². The van der Waals surface area contributed by atoms with Gasteiger partial charge in [0.25, 0.3) is 0 Å². The highest BCUT2D eigenvalue weighted by atomic mass is 35.5. The number of hydrogen-bond acceptors (Lipinski definition) is 0. The van der Waals surface area contributed by atoms with Crippen molar-refractivity contribution >= 4 is 32.0 Å². The summed E-state index contributed by atoms with van der Waals surface area (Å²) in [7, 11) is 5.41. The van der Waals surface area contributed by atoms with Gasteiger partial charge in [0.1, 0.15) is 5.82 Å². The summed E-state index contributed by atoms with van der Waals surface area (Å²) in [5.74, 6) is -0.893. The zero-order valence-electron chi connectivity index (χ0n) is 6.33. The molecular formula is C7H3ClF4Mg. The summed E-state index contributed by atoms with van der Waals surface area (Å²) in [6.07, 6.45) is -4.51. The molecule has 0 N–H and O–H groups in total. The topological polar surface area (TPSA) is 0 Å². The Morgan fingerprint density at radius 3 is 2.31 bits per heavy atom. The molecular weight excluding hydrogens is 220 g/mol. The molecule has 0 fully saturated rings. The Morgan fingerprint density at radius 1 is 1.23 bits per heavy atom. The molecule has 0 aliphatic carbocycles. The first-order valence-electron chi connectivity index (χ1n) is 3.36. The fourth-order valence-electron chi connectivity index (χ4n) is 0.929. The quantitative estimate of drug-likeness (QED) is 0.506. The van der Waals surface area contributed by atoms with Crippen LogP contribution in [0.5, 0.6) is 0 Å². The Morgan fingerprint density at radius 2 is 1.85 bits per heavy atom. The molecule has 0 unspecified atom stereocenters. The third kappa shape index (κ3) is 2.72. The smallest absolute Gasteiger partial charge is 0.336 e. The van der Waals surface area contributed by atoms with E-state index in [0.29, 0.717) is 6.07 Å². The van der Waals surface area contributed by atoms with Crippen molar-refractivity contribution in [3.05, 3.63) is 29.6 Å². The van der Waals surface area contributed by atoms with E-state index in [0.717, 1.165) is 12.1 Å². The number of halogens is 5. The van der Waals surface area contributed by atoms with Gasteiger partial charge in [-0.05, 0) is 12.1 Å². The van der Waals surface area contributed by atoms with Crippen LogP contribution >= 0.6 is 9.07 Å². The van der Waals surface area contributed by atoms with Gasteiger partial charge in [-0.2, -0.15) is 13.2 Å². The Kier molecular flexibility index (Phi) is 3.42. The van der Waals surface area contributed by atoms with E-state index in [1.54, 1.807) is 0 Å². The van der Waals surface area contributed by atoms with Crippen molar-refractivity contribution in [1.29, 1.82) is 0 Å².